The molecule has 0 spiro atoms. The van der Waals surface area contributed by atoms with Gasteiger partial charge in [-0.3, -0.25) is 0 Å². The molecule has 2 saturated carbocycles. The van der Waals surface area contributed by atoms with E-state index in [9.17, 15) is 88.3 Å². The zero-order chi connectivity index (χ0) is 59.8. The average Bonchev–Trinajstić information content (AvgIpc) is 3.43. The summed E-state index contributed by atoms with van der Waals surface area (Å²) in [5, 5.41) is 144. The number of aliphatic hydroxyl groups excluding tert-OH is 14. The monoisotopic (exact) mass is 1210 g/mol. The van der Waals surface area contributed by atoms with E-state index in [2.05, 4.69) is 0 Å². The number of nitrogens with two attached hydrogens (primary N) is 3. The van der Waals surface area contributed by atoms with E-state index in [1.165, 1.54) is 0 Å². The molecule has 20 N–H and O–H groups in total. The molecule has 2 unspecified atom stereocenters. The van der Waals surface area contributed by atoms with Gasteiger partial charge >= 0.3 is 0 Å². The number of rotatable bonds is 18. The van der Waals surface area contributed by atoms with E-state index in [0.717, 1.165) is 0 Å². The number of sulfone groups is 1. The Morgan fingerprint density at radius 3 is 1.18 bits per heavy atom. The van der Waals surface area contributed by atoms with Crippen molar-refractivity contribution < 1.29 is 126 Å². The number of halogens is 1. The fraction of sp³-hybridized carbons (Fsp3) is 1.00. The summed E-state index contributed by atoms with van der Waals surface area (Å²) in [7, 11) is -1.94. The lowest BCUT2D eigenvalue weighted by Crippen LogP contribution is -2.66. The maximum Gasteiger partial charge on any atom is 0.232 e. The van der Waals surface area contributed by atoms with Crippen LogP contribution >= 0.6 is 10.7 Å². The van der Waals surface area contributed by atoms with Crippen LogP contribution in [0.1, 0.15) is 80.1 Å². The first-order valence-electron chi connectivity index (χ1n) is 26.8. The summed E-state index contributed by atoms with van der Waals surface area (Å²) in [5.74, 6) is -1.85. The molecule has 6 rings (SSSR count). The van der Waals surface area contributed by atoms with E-state index < -0.39 is 209 Å². The Bertz CT molecular complexity index is 1980. The molecule has 6 fully saturated rings. The van der Waals surface area contributed by atoms with Crippen molar-refractivity contribution in [3.63, 3.8) is 0 Å². The molecule has 4 saturated heterocycles. The van der Waals surface area contributed by atoms with Crippen LogP contribution in [0.4, 0.5) is 0 Å². The molecular weight excluding hydrogens is 1120 g/mol. The zero-order valence-corrected chi connectivity index (χ0v) is 47.6. The molecule has 32 heteroatoms. The van der Waals surface area contributed by atoms with E-state index in [1.54, 1.807) is 41.5 Å². The molecule has 4 heterocycles. The fourth-order valence-corrected chi connectivity index (χ4v) is 13.5. The summed E-state index contributed by atoms with van der Waals surface area (Å²) in [6.07, 6.45) is -29.1. The van der Waals surface area contributed by atoms with Gasteiger partial charge in [0.25, 0.3) is 0 Å². The smallest absolute Gasteiger partial charge is 0.232 e. The molecule has 29 nitrogen and oxygen atoms in total. The first-order chi connectivity index (χ1) is 36.8. The molecule has 0 aromatic heterocycles. The van der Waals surface area contributed by atoms with Crippen molar-refractivity contribution in [2.24, 2.45) is 35.0 Å². The maximum atomic E-state index is 12.7. The van der Waals surface area contributed by atoms with Gasteiger partial charge in [-0.1, -0.05) is 41.5 Å². The van der Waals surface area contributed by atoms with Gasteiger partial charge in [0, 0.05) is 28.4 Å². The van der Waals surface area contributed by atoms with Gasteiger partial charge in [-0.25, -0.2) is 16.8 Å². The summed E-state index contributed by atoms with van der Waals surface area (Å²) in [5.41, 5.74) is 17.9. The zero-order valence-electron chi connectivity index (χ0n) is 45.2. The minimum Gasteiger partial charge on any atom is -0.394 e. The number of hydrogen-bond donors (Lipinski definition) is 17. The van der Waals surface area contributed by atoms with Crippen LogP contribution in [0.2, 0.25) is 0 Å². The molecule has 0 bridgehead atoms. The van der Waals surface area contributed by atoms with Crippen LogP contribution in [0.5, 0.6) is 0 Å². The Morgan fingerprint density at radius 2 is 0.810 bits per heavy atom. The molecule has 0 amide bonds. The van der Waals surface area contributed by atoms with Crippen LogP contribution in [-0.2, 0) is 56.8 Å². The van der Waals surface area contributed by atoms with E-state index in [1.807, 2.05) is 0 Å². The Kier molecular flexibility index (Phi) is 27.7. The number of ether oxygens (including phenoxy) is 8. The Labute approximate surface area is 465 Å². The van der Waals surface area contributed by atoms with Crippen molar-refractivity contribution in [1.82, 2.24) is 0 Å². The second-order valence-corrected chi connectivity index (χ2v) is 26.6. The lowest BCUT2D eigenvalue weighted by Gasteiger charge is -2.49. The van der Waals surface area contributed by atoms with Crippen molar-refractivity contribution in [3.05, 3.63) is 0 Å². The molecule has 30 atom stereocenters. The summed E-state index contributed by atoms with van der Waals surface area (Å²) in [6.45, 7) is 9.26. The molecule has 6 aliphatic rings. The van der Waals surface area contributed by atoms with Gasteiger partial charge in [0.1, 0.15) is 91.6 Å². The van der Waals surface area contributed by atoms with Gasteiger partial charge < -0.3 is 127 Å². The molecule has 0 aromatic carbocycles. The Morgan fingerprint density at radius 1 is 0.456 bits per heavy atom. The predicted molar refractivity (Wildman–Crippen MR) is 275 cm³/mol. The van der Waals surface area contributed by atoms with Gasteiger partial charge in [-0.15, -0.1) is 0 Å². The third-order valence-corrected chi connectivity index (χ3v) is 18.6. The van der Waals surface area contributed by atoms with Gasteiger partial charge in [0.2, 0.25) is 9.05 Å². The highest BCUT2D eigenvalue weighted by Crippen LogP contribution is 2.39. The van der Waals surface area contributed by atoms with Crippen LogP contribution in [0.3, 0.4) is 0 Å². The molecule has 0 aromatic rings. The SMILES string of the molecule is CCCS(=O)(=O)C[C@@H]1C[C@H](C)C(O[C@H]2O[C@H](CC)[C@@H](O)[C@H](O)[C@H]2O)[C@H](O)[C@H]1O[C@H]1O[C@H](CO)[C@@H](O)[C@H](N)[C@H]1O.CCCS(=O)(=O)Cl.CC[C@H]1O[C@H](OC2[C@@H](C)C[C@@H](N)[C@H](O[C@H]3O[C@H](CO)[C@@H](O)[C@H](N)[C@H]3O)[C@H]2O)[C@H](O)[C@@H](O)[C@@H]1O. The van der Waals surface area contributed by atoms with Crippen LogP contribution in [-0.4, -0.2) is 284 Å². The van der Waals surface area contributed by atoms with Gasteiger partial charge in [0.15, 0.2) is 35.0 Å². The molecule has 79 heavy (non-hydrogen) atoms. The third kappa shape index (κ3) is 17.9. The quantitative estimate of drug-likeness (QED) is 0.0567. The highest BCUT2D eigenvalue weighted by molar-refractivity contribution is 8.13. The van der Waals surface area contributed by atoms with E-state index in [0.29, 0.717) is 32.1 Å². The Hall–Kier alpha value is -0.810. The lowest BCUT2D eigenvalue weighted by molar-refractivity contribution is -0.339. The summed E-state index contributed by atoms with van der Waals surface area (Å²) >= 11 is 0. The molecule has 0 radical (unpaired) electrons. The lowest BCUT2D eigenvalue weighted by atomic mass is 9.77. The highest BCUT2D eigenvalue weighted by Gasteiger charge is 2.54. The maximum absolute atomic E-state index is 12.7. The molecule has 468 valence electrons. The van der Waals surface area contributed by atoms with Crippen molar-refractivity contribution in [3.8, 4) is 0 Å². The van der Waals surface area contributed by atoms with Crippen molar-refractivity contribution in [2.75, 3.05) is 30.5 Å². The molecule has 2 aliphatic carbocycles. The standard InChI is InChI=1S/C24H45NO13S.C20H38N2O11.C3H7ClO2S/c1-4-6-39(33,34)9-11-7-10(3)21(37-24-19(31)18(30)16(28)12(5-2)35-24)20(32)22(11)38-23-17(29)14(25)15(27)13(8-26)36-23;1-3-8-12(25)14(27)15(28)20(30-8)32-17-6(2)4-7(21)18(16(17)29)33-19-13(26)10(22)11(24)9(5-23)31-19;1-2-3-7(4,5)6/h10-24,26-32H,4-9,25H2,1-3H3;6-20,23-29H,3-5,21-22H2,1-2H3;2-3H2,1H3/t10-,11-,12+,13+,14-,15+,16+,17+,18-,19+,20-,21?,22-,23+,24+;6-,7+,8+,9+,10-,11+,12+,13+,14-,15+,16-,17?,18-,19+,20+;/m00./s1. The van der Waals surface area contributed by atoms with Gasteiger partial charge in [-0.2, -0.15) is 0 Å². The normalized spacial score (nSPS) is 47.0. The van der Waals surface area contributed by atoms with Gasteiger partial charge in [-0.05, 0) is 50.4 Å². The third-order valence-electron chi connectivity index (χ3n) is 15.3. The first-order valence-corrected chi connectivity index (χ1v) is 31.1. The van der Waals surface area contributed by atoms with Crippen LogP contribution in [0.15, 0.2) is 0 Å². The van der Waals surface area contributed by atoms with E-state index in [4.69, 9.17) is 65.8 Å². The number of hydrogen-bond acceptors (Lipinski definition) is 29. The predicted octanol–water partition coefficient (Wildman–Crippen LogP) is -6.98. The first kappa shape index (κ1) is 70.7. The summed E-state index contributed by atoms with van der Waals surface area (Å²) in [4.78, 5) is 0. The van der Waals surface area contributed by atoms with Gasteiger partial charge in [0.05, 0.1) is 67.3 Å². The van der Waals surface area contributed by atoms with Crippen molar-refractivity contribution in [1.29, 1.82) is 0 Å². The summed E-state index contributed by atoms with van der Waals surface area (Å²) in [6, 6.07) is -3.10. The largest absolute Gasteiger partial charge is 0.394 e. The second-order valence-electron chi connectivity index (χ2n) is 21.5. The van der Waals surface area contributed by atoms with E-state index >= 15 is 0 Å². The fourth-order valence-electron chi connectivity index (χ4n) is 10.8. The topological polar surface area (TPSA) is 503 Å². The Balaban J connectivity index is 0.000000307. The number of aliphatic hydroxyl groups is 14. The van der Waals surface area contributed by atoms with Crippen molar-refractivity contribution in [2.45, 2.75) is 245 Å². The minimum atomic E-state index is -3.54. The van der Waals surface area contributed by atoms with Crippen molar-refractivity contribution >= 4 is 29.6 Å². The van der Waals surface area contributed by atoms with Crippen LogP contribution < -0.4 is 17.2 Å². The average molecular weight is 1210 g/mol. The highest BCUT2D eigenvalue weighted by atomic mass is 35.7. The minimum absolute atomic E-state index is 0.0758. The second kappa shape index (κ2) is 31.0. The molecule has 4 aliphatic heterocycles. The molecular formula is C47H90ClN3O26S2. The van der Waals surface area contributed by atoms with E-state index in [-0.39, 0.29) is 29.6 Å². The summed E-state index contributed by atoms with van der Waals surface area (Å²) < 4.78 is 91.2. The van der Waals surface area contributed by atoms with Crippen LogP contribution in [0, 0.1) is 17.8 Å². The van der Waals surface area contributed by atoms with Crippen LogP contribution in [0.25, 0.3) is 0 Å².